The minimum atomic E-state index is 0.228. The number of aryl methyl sites for hydroxylation is 1. The van der Waals surface area contributed by atoms with E-state index in [0.717, 1.165) is 25.7 Å². The lowest BCUT2D eigenvalue weighted by Crippen LogP contribution is -2.23. The summed E-state index contributed by atoms with van der Waals surface area (Å²) in [5.41, 5.74) is 10.0. The van der Waals surface area contributed by atoms with Crippen molar-refractivity contribution < 1.29 is 4.74 Å². The van der Waals surface area contributed by atoms with Crippen molar-refractivity contribution in [1.82, 2.24) is 9.78 Å². The zero-order chi connectivity index (χ0) is 14.4. The van der Waals surface area contributed by atoms with Crippen LogP contribution in [0.25, 0.3) is 0 Å². The van der Waals surface area contributed by atoms with Gasteiger partial charge in [-0.2, -0.15) is 5.10 Å². The molecule has 1 aromatic heterocycles. The minimum Gasteiger partial charge on any atom is -0.382 e. The average molecular weight is 267 g/mol. The number of rotatable bonds is 8. The van der Waals surface area contributed by atoms with Crippen molar-refractivity contribution in [3.63, 3.8) is 0 Å². The standard InChI is InChI=1S/C15H29N3O/c1-6-12(16)9-13-14(7-2)17-18(15(13)8-3)11(4)10-19-5/h11-12H,6-10,16H2,1-5H3. The van der Waals surface area contributed by atoms with E-state index in [4.69, 9.17) is 15.6 Å². The van der Waals surface area contributed by atoms with Crippen molar-refractivity contribution >= 4 is 0 Å². The number of nitrogens with zero attached hydrogens (tertiary/aromatic N) is 2. The van der Waals surface area contributed by atoms with Gasteiger partial charge in [0, 0.05) is 18.8 Å². The van der Waals surface area contributed by atoms with Gasteiger partial charge in [0.15, 0.2) is 0 Å². The fourth-order valence-corrected chi connectivity index (χ4v) is 2.53. The third kappa shape index (κ3) is 3.80. The number of methoxy groups -OCH3 is 1. The van der Waals surface area contributed by atoms with Crippen LogP contribution in [0.4, 0.5) is 0 Å². The molecule has 4 heteroatoms. The van der Waals surface area contributed by atoms with E-state index in [0.29, 0.717) is 6.61 Å². The zero-order valence-corrected chi connectivity index (χ0v) is 13.1. The lowest BCUT2D eigenvalue weighted by molar-refractivity contribution is 0.155. The monoisotopic (exact) mass is 267 g/mol. The predicted molar refractivity (Wildman–Crippen MR) is 79.5 cm³/mol. The third-order valence-electron chi connectivity index (χ3n) is 3.69. The molecule has 0 aliphatic carbocycles. The van der Waals surface area contributed by atoms with Gasteiger partial charge in [-0.1, -0.05) is 20.8 Å². The van der Waals surface area contributed by atoms with Crippen LogP contribution in [-0.2, 0) is 24.0 Å². The number of ether oxygens (including phenoxy) is 1. The topological polar surface area (TPSA) is 53.1 Å². The molecule has 0 fully saturated rings. The molecule has 0 aromatic carbocycles. The maximum atomic E-state index is 6.13. The average Bonchev–Trinajstić information content (AvgIpc) is 2.76. The van der Waals surface area contributed by atoms with Gasteiger partial charge in [0.05, 0.1) is 18.3 Å². The van der Waals surface area contributed by atoms with Crippen LogP contribution in [0.15, 0.2) is 0 Å². The van der Waals surface area contributed by atoms with E-state index in [1.165, 1.54) is 17.0 Å². The number of nitrogens with two attached hydrogens (primary N) is 1. The second-order valence-corrected chi connectivity index (χ2v) is 5.20. The Balaban J connectivity index is 3.12. The molecule has 2 unspecified atom stereocenters. The fourth-order valence-electron chi connectivity index (χ4n) is 2.53. The van der Waals surface area contributed by atoms with Crippen molar-refractivity contribution in [3.05, 3.63) is 17.0 Å². The van der Waals surface area contributed by atoms with E-state index in [1.807, 2.05) is 0 Å². The highest BCUT2D eigenvalue weighted by molar-refractivity contribution is 5.28. The van der Waals surface area contributed by atoms with Gasteiger partial charge in [0.2, 0.25) is 0 Å². The SMILES string of the molecule is CCc1nn(C(C)COC)c(CC)c1CC(N)CC. The van der Waals surface area contributed by atoms with Crippen molar-refractivity contribution in [1.29, 1.82) is 0 Å². The van der Waals surface area contributed by atoms with Crippen molar-refractivity contribution in [2.24, 2.45) is 5.73 Å². The summed E-state index contributed by atoms with van der Waals surface area (Å²) in [7, 11) is 1.74. The largest absolute Gasteiger partial charge is 0.382 e. The molecule has 0 saturated heterocycles. The predicted octanol–water partition coefficient (Wildman–Crippen LogP) is 2.50. The van der Waals surface area contributed by atoms with Crippen LogP contribution in [0.2, 0.25) is 0 Å². The molecule has 0 radical (unpaired) electrons. The van der Waals surface area contributed by atoms with Crippen LogP contribution in [-0.4, -0.2) is 29.5 Å². The summed E-state index contributed by atoms with van der Waals surface area (Å²) in [6.45, 7) is 9.33. The summed E-state index contributed by atoms with van der Waals surface area (Å²) >= 11 is 0. The summed E-state index contributed by atoms with van der Waals surface area (Å²) in [4.78, 5) is 0. The number of aromatic nitrogens is 2. The van der Waals surface area contributed by atoms with E-state index in [2.05, 4.69) is 32.4 Å². The molecule has 1 heterocycles. The zero-order valence-electron chi connectivity index (χ0n) is 13.1. The molecule has 4 nitrogen and oxygen atoms in total. The highest BCUT2D eigenvalue weighted by Crippen LogP contribution is 2.22. The van der Waals surface area contributed by atoms with E-state index >= 15 is 0 Å². The van der Waals surface area contributed by atoms with Crippen LogP contribution < -0.4 is 5.73 Å². The Morgan fingerprint density at radius 3 is 2.42 bits per heavy atom. The second kappa shape index (κ2) is 7.65. The van der Waals surface area contributed by atoms with E-state index < -0.39 is 0 Å². The molecule has 0 aliphatic rings. The molecule has 110 valence electrons. The first kappa shape index (κ1) is 16.2. The van der Waals surface area contributed by atoms with Crippen LogP contribution in [0.5, 0.6) is 0 Å². The van der Waals surface area contributed by atoms with Gasteiger partial charge in [-0.05, 0) is 38.2 Å². The number of hydrogen-bond donors (Lipinski definition) is 1. The maximum Gasteiger partial charge on any atom is 0.0727 e. The summed E-state index contributed by atoms with van der Waals surface area (Å²) in [5, 5.41) is 4.79. The van der Waals surface area contributed by atoms with Gasteiger partial charge in [-0.3, -0.25) is 4.68 Å². The molecule has 0 bridgehead atoms. The Hall–Kier alpha value is -0.870. The van der Waals surface area contributed by atoms with Crippen molar-refractivity contribution in [2.45, 2.75) is 65.5 Å². The van der Waals surface area contributed by atoms with E-state index in [-0.39, 0.29) is 12.1 Å². The van der Waals surface area contributed by atoms with Gasteiger partial charge >= 0.3 is 0 Å². The molecule has 1 aromatic rings. The van der Waals surface area contributed by atoms with Gasteiger partial charge in [-0.25, -0.2) is 0 Å². The Kier molecular flexibility index (Phi) is 6.52. The molecule has 19 heavy (non-hydrogen) atoms. The lowest BCUT2D eigenvalue weighted by Gasteiger charge is -2.15. The smallest absolute Gasteiger partial charge is 0.0727 e. The summed E-state index contributed by atoms with van der Waals surface area (Å²) < 4.78 is 7.40. The summed E-state index contributed by atoms with van der Waals surface area (Å²) in [6, 6.07) is 0.503. The van der Waals surface area contributed by atoms with Gasteiger partial charge in [-0.15, -0.1) is 0 Å². The summed E-state index contributed by atoms with van der Waals surface area (Å²) in [6.07, 6.45) is 3.89. The Morgan fingerprint density at radius 1 is 1.26 bits per heavy atom. The highest BCUT2D eigenvalue weighted by atomic mass is 16.5. The molecule has 1 rings (SSSR count). The molecule has 0 aliphatic heterocycles. The van der Waals surface area contributed by atoms with Crippen LogP contribution in [0, 0.1) is 0 Å². The Morgan fingerprint density at radius 2 is 1.95 bits per heavy atom. The molecule has 0 saturated carbocycles. The van der Waals surface area contributed by atoms with Crippen LogP contribution in [0.3, 0.4) is 0 Å². The van der Waals surface area contributed by atoms with E-state index in [1.54, 1.807) is 7.11 Å². The van der Waals surface area contributed by atoms with Gasteiger partial charge in [0.1, 0.15) is 0 Å². The molecule has 2 atom stereocenters. The normalized spacial score (nSPS) is 14.6. The minimum absolute atomic E-state index is 0.228. The summed E-state index contributed by atoms with van der Waals surface area (Å²) in [5.74, 6) is 0. The van der Waals surface area contributed by atoms with E-state index in [9.17, 15) is 0 Å². The molecule has 0 spiro atoms. The maximum absolute atomic E-state index is 6.13. The molecular weight excluding hydrogens is 238 g/mol. The Bertz CT molecular complexity index is 387. The second-order valence-electron chi connectivity index (χ2n) is 5.20. The van der Waals surface area contributed by atoms with Gasteiger partial charge < -0.3 is 10.5 Å². The first-order valence-electron chi connectivity index (χ1n) is 7.42. The van der Waals surface area contributed by atoms with Gasteiger partial charge in [0.25, 0.3) is 0 Å². The molecule has 2 N–H and O–H groups in total. The lowest BCUT2D eigenvalue weighted by atomic mass is 10.00. The Labute approximate surface area is 117 Å². The van der Waals surface area contributed by atoms with Crippen LogP contribution >= 0.6 is 0 Å². The van der Waals surface area contributed by atoms with Crippen LogP contribution in [0.1, 0.15) is 57.1 Å². The van der Waals surface area contributed by atoms with Crippen molar-refractivity contribution in [3.8, 4) is 0 Å². The highest BCUT2D eigenvalue weighted by Gasteiger charge is 2.20. The first-order valence-corrected chi connectivity index (χ1v) is 7.42. The van der Waals surface area contributed by atoms with Crippen molar-refractivity contribution in [2.75, 3.05) is 13.7 Å². The third-order valence-corrected chi connectivity index (χ3v) is 3.69. The number of hydrogen-bond acceptors (Lipinski definition) is 3. The molecule has 0 amide bonds. The fraction of sp³-hybridized carbons (Fsp3) is 0.800. The molecular formula is C15H29N3O. The quantitative estimate of drug-likeness (QED) is 0.787. The first-order chi connectivity index (χ1) is 9.08.